The monoisotopic (exact) mass is 322 g/mol. The summed E-state index contributed by atoms with van der Waals surface area (Å²) in [6.07, 6.45) is -0.379. The molecule has 1 aliphatic rings. The summed E-state index contributed by atoms with van der Waals surface area (Å²) in [5.74, 6) is -0.102. The number of carbonyl (C=O) groups excluding carboxylic acids is 2. The number of furan rings is 1. The predicted octanol–water partition coefficient (Wildman–Crippen LogP) is 3.64. The second-order valence-corrected chi connectivity index (χ2v) is 5.42. The predicted molar refractivity (Wildman–Crippen MR) is 89.3 cm³/mol. The molecule has 0 aliphatic carbocycles. The van der Waals surface area contributed by atoms with Crippen LogP contribution >= 0.6 is 0 Å². The third-order valence-electron chi connectivity index (χ3n) is 3.83. The van der Waals surface area contributed by atoms with Gasteiger partial charge in [0.25, 0.3) is 5.91 Å². The van der Waals surface area contributed by atoms with Gasteiger partial charge in [-0.15, -0.1) is 0 Å². The molecule has 1 N–H and O–H groups in total. The first-order valence-corrected chi connectivity index (χ1v) is 7.55. The van der Waals surface area contributed by atoms with E-state index in [4.69, 9.17) is 9.15 Å². The lowest BCUT2D eigenvalue weighted by molar-refractivity contribution is 0.0998. The molecule has 2 heterocycles. The Hall–Kier alpha value is -3.28. The van der Waals surface area contributed by atoms with E-state index in [0.717, 1.165) is 5.39 Å². The highest BCUT2D eigenvalue weighted by Gasteiger charge is 2.23. The number of hydrogen-bond acceptors (Lipinski definition) is 4. The molecule has 1 fully saturated rings. The number of cyclic esters (lactones) is 1. The third kappa shape index (κ3) is 2.58. The Morgan fingerprint density at radius 1 is 1.08 bits per heavy atom. The maximum Gasteiger partial charge on any atom is 0.414 e. The molecule has 0 saturated carbocycles. The smallest absolute Gasteiger partial charge is 0.414 e. The van der Waals surface area contributed by atoms with Gasteiger partial charge in [-0.25, -0.2) is 4.79 Å². The molecule has 2 amide bonds. The van der Waals surface area contributed by atoms with Crippen molar-refractivity contribution in [2.45, 2.75) is 0 Å². The van der Waals surface area contributed by atoms with Crippen LogP contribution in [-0.4, -0.2) is 25.2 Å². The molecule has 6 nitrogen and oxygen atoms in total. The van der Waals surface area contributed by atoms with Gasteiger partial charge in [-0.05, 0) is 30.3 Å². The van der Waals surface area contributed by atoms with Crippen LogP contribution in [0.15, 0.2) is 59.0 Å². The minimum Gasteiger partial charge on any atom is -0.451 e. The summed E-state index contributed by atoms with van der Waals surface area (Å²) in [4.78, 5) is 25.5. The standard InChI is InChI=1S/C18H14N2O4/c21-17(16-10-12-4-1-2-7-15(12)24-16)19-13-5-3-6-14(11-13)20-8-9-23-18(20)22/h1-7,10-11H,8-9H2,(H,19,21). The molecule has 6 heteroatoms. The number of para-hydroxylation sites is 1. The number of carbonyl (C=O) groups is 2. The third-order valence-corrected chi connectivity index (χ3v) is 3.83. The molecule has 3 aromatic rings. The summed E-state index contributed by atoms with van der Waals surface area (Å²) in [6, 6.07) is 16.2. The van der Waals surface area contributed by atoms with Crippen LogP contribution < -0.4 is 10.2 Å². The van der Waals surface area contributed by atoms with Crippen LogP contribution in [0.3, 0.4) is 0 Å². The molecule has 1 saturated heterocycles. The molecule has 24 heavy (non-hydrogen) atoms. The second kappa shape index (κ2) is 5.73. The minimum absolute atomic E-state index is 0.238. The maximum absolute atomic E-state index is 12.4. The Kier molecular flexibility index (Phi) is 3.42. The van der Waals surface area contributed by atoms with Gasteiger partial charge in [0, 0.05) is 16.8 Å². The topological polar surface area (TPSA) is 71.8 Å². The Morgan fingerprint density at radius 3 is 2.75 bits per heavy atom. The van der Waals surface area contributed by atoms with Crippen molar-refractivity contribution in [3.63, 3.8) is 0 Å². The number of rotatable bonds is 3. The van der Waals surface area contributed by atoms with Crippen molar-refractivity contribution in [3.8, 4) is 0 Å². The van der Waals surface area contributed by atoms with Gasteiger partial charge in [0.05, 0.1) is 6.54 Å². The summed E-state index contributed by atoms with van der Waals surface area (Å²) in [5, 5.41) is 3.66. The van der Waals surface area contributed by atoms with Gasteiger partial charge >= 0.3 is 6.09 Å². The highest BCUT2D eigenvalue weighted by molar-refractivity contribution is 6.05. The average Bonchev–Trinajstić information content (AvgIpc) is 3.21. The van der Waals surface area contributed by atoms with Crippen LogP contribution in [-0.2, 0) is 4.74 Å². The molecule has 0 spiro atoms. The molecule has 0 radical (unpaired) electrons. The molecular weight excluding hydrogens is 308 g/mol. The van der Waals surface area contributed by atoms with Crippen molar-refractivity contribution < 1.29 is 18.7 Å². The largest absolute Gasteiger partial charge is 0.451 e. The average molecular weight is 322 g/mol. The zero-order chi connectivity index (χ0) is 16.5. The number of benzene rings is 2. The van der Waals surface area contributed by atoms with Crippen molar-refractivity contribution in [2.75, 3.05) is 23.4 Å². The lowest BCUT2D eigenvalue weighted by atomic mass is 10.2. The number of amides is 2. The molecule has 0 unspecified atom stereocenters. The van der Waals surface area contributed by atoms with Crippen LogP contribution in [0.4, 0.5) is 16.2 Å². The Labute approximate surface area is 137 Å². The summed E-state index contributed by atoms with van der Waals surface area (Å²) >= 11 is 0. The van der Waals surface area contributed by atoms with Crippen LogP contribution in [0.25, 0.3) is 11.0 Å². The van der Waals surface area contributed by atoms with Crippen molar-refractivity contribution in [3.05, 3.63) is 60.4 Å². The summed E-state index contributed by atoms with van der Waals surface area (Å²) < 4.78 is 10.5. The van der Waals surface area contributed by atoms with E-state index in [1.54, 1.807) is 30.3 Å². The van der Waals surface area contributed by atoms with E-state index >= 15 is 0 Å². The zero-order valence-corrected chi connectivity index (χ0v) is 12.7. The molecule has 0 atom stereocenters. The molecule has 2 aromatic carbocycles. The summed E-state index contributed by atoms with van der Waals surface area (Å²) in [6.45, 7) is 0.869. The van der Waals surface area contributed by atoms with Crippen molar-refractivity contribution in [2.24, 2.45) is 0 Å². The number of nitrogens with one attached hydrogen (secondary N) is 1. The van der Waals surface area contributed by atoms with Gasteiger partial charge in [0.2, 0.25) is 0 Å². The van der Waals surface area contributed by atoms with Gasteiger partial charge < -0.3 is 14.5 Å². The van der Waals surface area contributed by atoms with Gasteiger partial charge in [-0.1, -0.05) is 24.3 Å². The van der Waals surface area contributed by atoms with Crippen LogP contribution in [0.2, 0.25) is 0 Å². The van der Waals surface area contributed by atoms with E-state index in [1.165, 1.54) is 4.90 Å². The van der Waals surface area contributed by atoms with Crippen molar-refractivity contribution in [1.82, 2.24) is 0 Å². The first-order valence-electron chi connectivity index (χ1n) is 7.55. The normalized spacial score (nSPS) is 14.0. The molecule has 4 rings (SSSR count). The zero-order valence-electron chi connectivity index (χ0n) is 12.7. The highest BCUT2D eigenvalue weighted by Crippen LogP contribution is 2.24. The van der Waals surface area contributed by atoms with E-state index in [1.807, 2.05) is 24.3 Å². The lowest BCUT2D eigenvalue weighted by Gasteiger charge is -2.13. The quantitative estimate of drug-likeness (QED) is 0.799. The highest BCUT2D eigenvalue weighted by atomic mass is 16.6. The fourth-order valence-electron chi connectivity index (χ4n) is 2.67. The number of anilines is 2. The van der Waals surface area contributed by atoms with E-state index in [2.05, 4.69) is 5.32 Å². The fourth-order valence-corrected chi connectivity index (χ4v) is 2.67. The van der Waals surface area contributed by atoms with Gasteiger partial charge in [0.1, 0.15) is 12.2 Å². The Morgan fingerprint density at radius 2 is 1.96 bits per heavy atom. The van der Waals surface area contributed by atoms with Crippen LogP contribution in [0.1, 0.15) is 10.6 Å². The Balaban J connectivity index is 1.56. The minimum atomic E-state index is -0.379. The number of ether oxygens (including phenoxy) is 1. The number of nitrogens with zero attached hydrogens (tertiary/aromatic N) is 1. The van der Waals surface area contributed by atoms with Crippen molar-refractivity contribution >= 4 is 34.3 Å². The van der Waals surface area contributed by atoms with Crippen LogP contribution in [0, 0.1) is 0 Å². The SMILES string of the molecule is O=C(Nc1cccc(N2CCOC2=O)c1)c1cc2ccccc2o1. The molecule has 0 bridgehead atoms. The van der Waals surface area contributed by atoms with Gasteiger partial charge in [0.15, 0.2) is 5.76 Å². The van der Waals surface area contributed by atoms with Crippen LogP contribution in [0.5, 0.6) is 0 Å². The molecule has 1 aromatic heterocycles. The molecule has 120 valence electrons. The Bertz CT molecular complexity index is 898. The second-order valence-electron chi connectivity index (χ2n) is 5.42. The van der Waals surface area contributed by atoms with Gasteiger partial charge in [-0.3, -0.25) is 9.69 Å². The fraction of sp³-hybridized carbons (Fsp3) is 0.111. The molecular formula is C18H14N2O4. The molecule has 1 aliphatic heterocycles. The van der Waals surface area contributed by atoms with E-state index in [9.17, 15) is 9.59 Å². The first-order chi connectivity index (χ1) is 11.7. The van der Waals surface area contributed by atoms with E-state index < -0.39 is 0 Å². The first kappa shape index (κ1) is 14.3. The van der Waals surface area contributed by atoms with E-state index in [-0.39, 0.29) is 17.8 Å². The summed E-state index contributed by atoms with van der Waals surface area (Å²) in [7, 11) is 0. The van der Waals surface area contributed by atoms with Crippen molar-refractivity contribution in [1.29, 1.82) is 0 Å². The van der Waals surface area contributed by atoms with E-state index in [0.29, 0.717) is 30.1 Å². The lowest BCUT2D eigenvalue weighted by Crippen LogP contribution is -2.23. The maximum atomic E-state index is 12.4. The summed E-state index contributed by atoms with van der Waals surface area (Å²) in [5.41, 5.74) is 1.92. The number of hydrogen-bond donors (Lipinski definition) is 1. The van der Waals surface area contributed by atoms with Gasteiger partial charge in [-0.2, -0.15) is 0 Å². The number of fused-ring (bicyclic) bond motifs is 1.